The third kappa shape index (κ3) is 6.25. The highest BCUT2D eigenvalue weighted by Crippen LogP contribution is 2.65. The molecule has 14 aromatic rings. The number of nitrogens with zero attached hydrogens (tertiary/aromatic N) is 3. The molecule has 11 aromatic carbocycles. The van der Waals surface area contributed by atoms with Gasteiger partial charge in [0.05, 0.1) is 33.5 Å². The minimum absolute atomic E-state index is 0.644. The number of hydrogen-bond acceptors (Lipinski definition) is 3. The topological polar surface area (TPSA) is 21.1 Å². The molecule has 354 valence electrons. The Bertz CT molecular complexity index is 4590. The summed E-state index contributed by atoms with van der Waals surface area (Å²) < 4.78 is 5.04. The van der Waals surface area contributed by atoms with Gasteiger partial charge in [-0.1, -0.05) is 206 Å². The SMILES string of the molecule is c1ccc(-c2cccc(-n3c4ccccc4c4cc(-c5ccc6c(c5)N(c5cc(-c7ccccc7)cc(-c7ccccc7)n5)c5ccccc5C65c6ccccc6-c6c5ccc5sc7ccccc7c65)ccc43)c2)cc1. The molecule has 0 N–H and O–H groups in total. The molecule has 2 aliphatic rings. The van der Waals surface area contributed by atoms with Crippen LogP contribution in [0, 0.1) is 0 Å². The van der Waals surface area contributed by atoms with Crippen LogP contribution in [0.5, 0.6) is 0 Å². The molecule has 4 heterocycles. The molecule has 16 rings (SSSR count). The maximum absolute atomic E-state index is 5.68. The smallest absolute Gasteiger partial charge is 0.138 e. The number of rotatable bonds is 6. The Labute approximate surface area is 444 Å². The van der Waals surface area contributed by atoms with E-state index in [0.717, 1.165) is 56.4 Å². The largest absolute Gasteiger partial charge is 0.309 e. The van der Waals surface area contributed by atoms with Gasteiger partial charge in [-0.25, -0.2) is 4.98 Å². The number of thiophene rings is 1. The summed E-state index contributed by atoms with van der Waals surface area (Å²) in [6.45, 7) is 0. The Balaban J connectivity index is 0.968. The van der Waals surface area contributed by atoms with Crippen LogP contribution in [0.15, 0.2) is 273 Å². The van der Waals surface area contributed by atoms with Crippen LogP contribution in [0.2, 0.25) is 0 Å². The van der Waals surface area contributed by atoms with E-state index in [9.17, 15) is 0 Å². The summed E-state index contributed by atoms with van der Waals surface area (Å²) in [5, 5.41) is 5.08. The average Bonchev–Trinajstić information content (AvgIpc) is 4.30. The minimum Gasteiger partial charge on any atom is -0.309 e. The summed E-state index contributed by atoms with van der Waals surface area (Å²) in [4.78, 5) is 8.14. The van der Waals surface area contributed by atoms with Crippen molar-refractivity contribution in [3.8, 4) is 61.5 Å². The molecule has 3 aromatic heterocycles. The lowest BCUT2D eigenvalue weighted by molar-refractivity contribution is 0.752. The van der Waals surface area contributed by atoms with Gasteiger partial charge < -0.3 is 4.57 Å². The number of para-hydroxylation sites is 2. The van der Waals surface area contributed by atoms with Crippen LogP contribution in [0.4, 0.5) is 17.2 Å². The molecular formula is C72H45N3S. The van der Waals surface area contributed by atoms with E-state index in [4.69, 9.17) is 4.98 Å². The van der Waals surface area contributed by atoms with Crippen molar-refractivity contribution in [3.63, 3.8) is 0 Å². The van der Waals surface area contributed by atoms with E-state index >= 15 is 0 Å². The van der Waals surface area contributed by atoms with Crippen molar-refractivity contribution in [3.05, 3.63) is 295 Å². The van der Waals surface area contributed by atoms with E-state index in [2.05, 4.69) is 282 Å². The number of hydrogen-bond donors (Lipinski definition) is 0. The standard InChI is InChI=1S/C72H45N3S/c1-4-19-46(20-5-1)49-25-18-26-53(41-49)74-63-32-15-11-27-54(63)57-42-50(36-39-64(57)74)51-35-37-60-66(44-51)75(69-45-52(47-21-6-2-7-22-47)43-62(73-69)48-23-8-3-9-24-48)65-33-16-14-31-59(65)72(60)58-30-13-10-28-55(58)70-61(72)38-40-68-71(70)56-29-12-17-34-67(56)76-68/h1-45H. The maximum atomic E-state index is 5.68. The first-order valence-electron chi connectivity index (χ1n) is 26.1. The maximum Gasteiger partial charge on any atom is 0.138 e. The van der Waals surface area contributed by atoms with E-state index in [0.29, 0.717) is 0 Å². The van der Waals surface area contributed by atoms with Crippen molar-refractivity contribution in [2.75, 3.05) is 4.90 Å². The second-order valence-electron chi connectivity index (χ2n) is 20.2. The van der Waals surface area contributed by atoms with Crippen LogP contribution in [0.3, 0.4) is 0 Å². The van der Waals surface area contributed by atoms with Crippen LogP contribution < -0.4 is 4.90 Å². The Kier molecular flexibility index (Phi) is 9.42. The summed E-state index contributed by atoms with van der Waals surface area (Å²) in [5.74, 6) is 0.864. The third-order valence-corrected chi connectivity index (χ3v) is 17.3. The molecule has 0 amide bonds. The highest BCUT2D eigenvalue weighted by molar-refractivity contribution is 7.26. The highest BCUT2D eigenvalue weighted by atomic mass is 32.1. The number of pyridine rings is 1. The molecule has 0 bridgehead atoms. The van der Waals surface area contributed by atoms with Crippen molar-refractivity contribution in [2.24, 2.45) is 0 Å². The quantitative estimate of drug-likeness (QED) is 0.166. The number of anilines is 3. The van der Waals surface area contributed by atoms with Gasteiger partial charge in [0.25, 0.3) is 0 Å². The summed E-state index contributed by atoms with van der Waals surface area (Å²) in [6.07, 6.45) is 0. The second kappa shape index (κ2) is 16.7. The first-order chi connectivity index (χ1) is 37.7. The highest BCUT2D eigenvalue weighted by Gasteiger charge is 2.52. The Hall–Kier alpha value is -9.61. The van der Waals surface area contributed by atoms with E-state index in [1.54, 1.807) is 0 Å². The Morgan fingerprint density at radius 1 is 0.342 bits per heavy atom. The number of fused-ring (bicyclic) bond motifs is 16. The van der Waals surface area contributed by atoms with Crippen molar-refractivity contribution < 1.29 is 0 Å². The van der Waals surface area contributed by atoms with Crippen molar-refractivity contribution in [1.29, 1.82) is 0 Å². The first-order valence-corrected chi connectivity index (χ1v) is 26.9. The van der Waals surface area contributed by atoms with E-state index in [1.165, 1.54) is 86.5 Å². The normalized spacial score (nSPS) is 14.3. The molecule has 1 spiro atoms. The summed E-state index contributed by atoms with van der Waals surface area (Å²) in [5.41, 5.74) is 21.7. The Morgan fingerprint density at radius 2 is 0.947 bits per heavy atom. The fourth-order valence-electron chi connectivity index (χ4n) is 13.0. The monoisotopic (exact) mass is 983 g/mol. The number of benzene rings is 11. The summed E-state index contributed by atoms with van der Waals surface area (Å²) >= 11 is 1.89. The van der Waals surface area contributed by atoms with E-state index in [-0.39, 0.29) is 0 Å². The van der Waals surface area contributed by atoms with Gasteiger partial charge in [0, 0.05) is 42.2 Å². The molecular weight excluding hydrogens is 939 g/mol. The van der Waals surface area contributed by atoms with Gasteiger partial charge in [-0.2, -0.15) is 0 Å². The summed E-state index contributed by atoms with van der Waals surface area (Å²) in [6, 6.07) is 101. The minimum atomic E-state index is -0.644. The van der Waals surface area contributed by atoms with Gasteiger partial charge >= 0.3 is 0 Å². The molecule has 1 aliphatic heterocycles. The zero-order chi connectivity index (χ0) is 49.9. The van der Waals surface area contributed by atoms with Crippen LogP contribution >= 0.6 is 11.3 Å². The van der Waals surface area contributed by atoms with Gasteiger partial charge in [0.15, 0.2) is 0 Å². The van der Waals surface area contributed by atoms with Crippen LogP contribution in [-0.4, -0.2) is 9.55 Å². The molecule has 0 radical (unpaired) electrons. The van der Waals surface area contributed by atoms with Gasteiger partial charge in [0.1, 0.15) is 5.82 Å². The van der Waals surface area contributed by atoms with Crippen LogP contribution in [-0.2, 0) is 5.41 Å². The molecule has 0 saturated heterocycles. The van der Waals surface area contributed by atoms with Gasteiger partial charge in [-0.15, -0.1) is 11.3 Å². The molecule has 4 heteroatoms. The fourth-order valence-corrected chi connectivity index (χ4v) is 14.1. The third-order valence-electron chi connectivity index (χ3n) is 16.2. The molecule has 1 aliphatic carbocycles. The zero-order valence-electron chi connectivity index (χ0n) is 41.2. The predicted molar refractivity (Wildman–Crippen MR) is 319 cm³/mol. The molecule has 3 nitrogen and oxygen atoms in total. The lowest BCUT2D eigenvalue weighted by Gasteiger charge is -2.45. The predicted octanol–water partition coefficient (Wildman–Crippen LogP) is 19.4. The second-order valence-corrected chi connectivity index (χ2v) is 21.3. The van der Waals surface area contributed by atoms with Gasteiger partial charge in [-0.05, 0) is 133 Å². The summed E-state index contributed by atoms with van der Waals surface area (Å²) in [7, 11) is 0. The van der Waals surface area contributed by atoms with Gasteiger partial charge in [-0.3, -0.25) is 4.90 Å². The molecule has 0 fully saturated rings. The lowest BCUT2D eigenvalue weighted by atomic mass is 9.64. The molecule has 1 unspecified atom stereocenters. The van der Waals surface area contributed by atoms with Crippen molar-refractivity contribution >= 4 is 70.5 Å². The zero-order valence-corrected chi connectivity index (χ0v) is 42.0. The lowest BCUT2D eigenvalue weighted by Crippen LogP contribution is -2.36. The number of aromatic nitrogens is 2. The van der Waals surface area contributed by atoms with E-state index in [1.807, 2.05) is 11.3 Å². The molecule has 76 heavy (non-hydrogen) atoms. The molecule has 1 atom stereocenters. The van der Waals surface area contributed by atoms with Crippen LogP contribution in [0.25, 0.3) is 103 Å². The van der Waals surface area contributed by atoms with E-state index < -0.39 is 5.41 Å². The fraction of sp³-hybridized carbons (Fsp3) is 0.0139. The van der Waals surface area contributed by atoms with Crippen molar-refractivity contribution in [1.82, 2.24) is 9.55 Å². The van der Waals surface area contributed by atoms with Crippen molar-refractivity contribution in [2.45, 2.75) is 5.41 Å². The average molecular weight is 984 g/mol. The van der Waals surface area contributed by atoms with Crippen LogP contribution in [0.1, 0.15) is 22.3 Å². The van der Waals surface area contributed by atoms with Gasteiger partial charge in [0.2, 0.25) is 0 Å². The Morgan fingerprint density at radius 3 is 1.78 bits per heavy atom. The molecule has 0 saturated carbocycles. The first kappa shape index (κ1) is 42.9.